The van der Waals surface area contributed by atoms with E-state index in [-0.39, 0.29) is 50.4 Å². The molecule has 2 fully saturated rings. The Bertz CT molecular complexity index is 1760. The molecular weight excluding hydrogens is 624 g/mol. The van der Waals surface area contributed by atoms with Crippen LogP contribution in [0.25, 0.3) is 0 Å². The van der Waals surface area contributed by atoms with E-state index in [0.29, 0.717) is 5.56 Å². The van der Waals surface area contributed by atoms with E-state index >= 15 is 0 Å². The number of β-lactam (4-membered cyclic amide) rings is 1. The molecule has 4 amide bonds. The largest absolute Gasteiger partial charge is 0.423 e. The number of anilines is 1. The molecular formula is C34H34N4O8S. The van der Waals surface area contributed by atoms with E-state index in [0.717, 1.165) is 13.8 Å². The van der Waals surface area contributed by atoms with E-state index in [4.69, 9.17) is 9.47 Å². The summed E-state index contributed by atoms with van der Waals surface area (Å²) in [4.78, 5) is 79.1. The Kier molecular flexibility index (Phi) is 9.38. The van der Waals surface area contributed by atoms with Crippen LogP contribution in [0.2, 0.25) is 0 Å². The van der Waals surface area contributed by atoms with Crippen molar-refractivity contribution in [3.8, 4) is 11.5 Å². The van der Waals surface area contributed by atoms with Crippen molar-refractivity contribution < 1.29 is 38.2 Å². The zero-order valence-corrected chi connectivity index (χ0v) is 27.2. The maximum atomic E-state index is 13.8. The zero-order valence-electron chi connectivity index (χ0n) is 26.4. The van der Waals surface area contributed by atoms with Crippen LogP contribution in [0.4, 0.5) is 5.69 Å². The van der Waals surface area contributed by atoms with Crippen molar-refractivity contribution in [2.75, 3.05) is 5.32 Å². The van der Waals surface area contributed by atoms with Gasteiger partial charge in [-0.1, -0.05) is 48.5 Å². The summed E-state index contributed by atoms with van der Waals surface area (Å²) < 4.78 is 10.1. The van der Waals surface area contributed by atoms with E-state index < -0.39 is 41.7 Å². The highest BCUT2D eigenvalue weighted by molar-refractivity contribution is 8.01. The molecule has 13 heteroatoms. The maximum Gasteiger partial charge on any atom is 0.308 e. The van der Waals surface area contributed by atoms with Gasteiger partial charge in [-0.15, -0.1) is 11.8 Å². The Labute approximate surface area is 275 Å². The summed E-state index contributed by atoms with van der Waals surface area (Å²) in [5.74, 6) is -4.00. The van der Waals surface area contributed by atoms with Gasteiger partial charge in [0, 0.05) is 24.6 Å². The average Bonchev–Trinajstić information content (AvgIpc) is 3.24. The smallest absolute Gasteiger partial charge is 0.308 e. The number of hydrogen-bond donors (Lipinski definition) is 3. The number of para-hydroxylation sites is 2. The summed E-state index contributed by atoms with van der Waals surface area (Å²) in [5.41, 5.74) is 0.492. The molecule has 0 spiro atoms. The van der Waals surface area contributed by atoms with Crippen LogP contribution in [0.1, 0.15) is 66.9 Å². The number of thioether (sulfide) groups is 1. The second-order valence-corrected chi connectivity index (χ2v) is 13.4. The van der Waals surface area contributed by atoms with Crippen molar-refractivity contribution >= 4 is 53.0 Å². The number of carbonyl (C=O) groups is 6. The number of nitrogens with one attached hydrogen (secondary N) is 3. The van der Waals surface area contributed by atoms with Crippen LogP contribution in [-0.4, -0.2) is 62.7 Å². The fourth-order valence-corrected chi connectivity index (χ4v) is 7.10. The number of nitrogens with zero attached hydrogens (tertiary/aromatic N) is 1. The van der Waals surface area contributed by atoms with Crippen LogP contribution in [0, 0.1) is 0 Å². The van der Waals surface area contributed by atoms with E-state index in [2.05, 4.69) is 29.8 Å². The van der Waals surface area contributed by atoms with Crippen LogP contribution in [0.3, 0.4) is 0 Å². The Hall–Kier alpha value is -5.17. The number of hydrogen-bond acceptors (Lipinski definition) is 9. The van der Waals surface area contributed by atoms with Crippen molar-refractivity contribution in [3.05, 3.63) is 89.5 Å². The van der Waals surface area contributed by atoms with Gasteiger partial charge in [0.1, 0.15) is 17.5 Å². The fourth-order valence-electron chi connectivity index (χ4n) is 5.45. The van der Waals surface area contributed by atoms with Crippen LogP contribution in [-0.2, 0) is 19.2 Å². The predicted molar refractivity (Wildman–Crippen MR) is 174 cm³/mol. The SMILES string of the molecule is CC(=O)Oc1cccc(C(=O)Nc2ccccc2C(=O)NC(C(=O)NC2C(=O)N3C2SC(C)(C)C3C)c2ccccc2)c1OC(C)=O. The maximum absolute atomic E-state index is 13.8. The van der Waals surface area contributed by atoms with E-state index in [1.54, 1.807) is 59.1 Å². The summed E-state index contributed by atoms with van der Waals surface area (Å²) in [6, 6.07) is 17.1. The topological polar surface area (TPSA) is 160 Å². The minimum atomic E-state index is -1.16. The third kappa shape index (κ3) is 6.85. The van der Waals surface area contributed by atoms with Gasteiger partial charge < -0.3 is 30.3 Å². The first kappa shape index (κ1) is 33.2. The molecule has 12 nitrogen and oxygen atoms in total. The third-order valence-electron chi connectivity index (χ3n) is 8.04. The summed E-state index contributed by atoms with van der Waals surface area (Å²) in [5, 5.41) is 8.05. The van der Waals surface area contributed by atoms with Crippen LogP contribution in [0.15, 0.2) is 72.8 Å². The summed E-state index contributed by atoms with van der Waals surface area (Å²) in [7, 11) is 0. The van der Waals surface area contributed by atoms with Gasteiger partial charge in [0.15, 0.2) is 11.5 Å². The number of carbonyl (C=O) groups excluding carboxylic acids is 6. The molecule has 3 N–H and O–H groups in total. The van der Waals surface area contributed by atoms with Gasteiger partial charge in [0.2, 0.25) is 11.8 Å². The van der Waals surface area contributed by atoms with Crippen LogP contribution >= 0.6 is 11.8 Å². The van der Waals surface area contributed by atoms with Crippen molar-refractivity contribution in [2.24, 2.45) is 0 Å². The van der Waals surface area contributed by atoms with Crippen molar-refractivity contribution in [3.63, 3.8) is 0 Å². The highest BCUT2D eigenvalue weighted by Crippen LogP contribution is 2.50. The Morgan fingerprint density at radius 3 is 2.15 bits per heavy atom. The molecule has 3 aromatic rings. The second kappa shape index (κ2) is 13.3. The molecule has 0 aromatic heterocycles. The molecule has 2 saturated heterocycles. The Balaban J connectivity index is 1.38. The molecule has 0 radical (unpaired) electrons. The molecule has 2 heterocycles. The number of esters is 2. The van der Waals surface area contributed by atoms with Crippen molar-refractivity contribution in [1.29, 1.82) is 0 Å². The first-order valence-electron chi connectivity index (χ1n) is 14.8. The first-order valence-corrected chi connectivity index (χ1v) is 15.7. The average molecular weight is 659 g/mol. The molecule has 4 unspecified atom stereocenters. The van der Waals surface area contributed by atoms with Gasteiger partial charge >= 0.3 is 11.9 Å². The number of benzene rings is 3. The molecule has 2 aliphatic heterocycles. The van der Waals surface area contributed by atoms with E-state index in [1.165, 1.54) is 30.3 Å². The molecule has 4 atom stereocenters. The first-order chi connectivity index (χ1) is 22.3. The monoisotopic (exact) mass is 658 g/mol. The summed E-state index contributed by atoms with van der Waals surface area (Å²) in [6.07, 6.45) is 0. The van der Waals surface area contributed by atoms with Crippen molar-refractivity contribution in [1.82, 2.24) is 15.5 Å². The highest BCUT2D eigenvalue weighted by Gasteiger charge is 2.60. The highest BCUT2D eigenvalue weighted by atomic mass is 32.2. The second-order valence-electron chi connectivity index (χ2n) is 11.7. The number of rotatable bonds is 9. The number of fused-ring (bicyclic) bond motifs is 1. The molecule has 0 bridgehead atoms. The standard InChI is InChI=1S/C34H34N4O8S/c1-18-34(4,5)47-33-27(32(44)38(18)33)37-31(43)26(21-12-7-6-8-13-21)36-29(41)22-14-9-10-16-24(22)35-30(42)23-15-11-17-25(45-19(2)39)28(23)46-20(3)40/h6-18,26-27,33H,1-5H3,(H,35,42)(H,36,41)(H,37,43). The quantitative estimate of drug-likeness (QED) is 0.176. The molecule has 244 valence electrons. The zero-order chi connectivity index (χ0) is 34.0. The lowest BCUT2D eigenvalue weighted by atomic mass is 9.97. The molecule has 47 heavy (non-hydrogen) atoms. The minimum Gasteiger partial charge on any atom is -0.423 e. The fraction of sp³-hybridized carbons (Fsp3) is 0.294. The van der Waals surface area contributed by atoms with Gasteiger partial charge in [0.25, 0.3) is 11.8 Å². The Morgan fingerprint density at radius 2 is 1.47 bits per heavy atom. The molecule has 0 aliphatic carbocycles. The van der Waals surface area contributed by atoms with Gasteiger partial charge in [0.05, 0.1) is 16.8 Å². The molecule has 2 aliphatic rings. The van der Waals surface area contributed by atoms with Gasteiger partial charge in [-0.3, -0.25) is 28.8 Å². The third-order valence-corrected chi connectivity index (χ3v) is 9.73. The van der Waals surface area contributed by atoms with Crippen LogP contribution < -0.4 is 25.4 Å². The van der Waals surface area contributed by atoms with E-state index in [1.807, 2.05) is 6.92 Å². The van der Waals surface area contributed by atoms with Crippen LogP contribution in [0.5, 0.6) is 11.5 Å². The predicted octanol–water partition coefficient (Wildman–Crippen LogP) is 3.83. The summed E-state index contributed by atoms with van der Waals surface area (Å²) in [6.45, 7) is 8.40. The number of ether oxygens (including phenoxy) is 2. The van der Waals surface area contributed by atoms with Gasteiger partial charge in [-0.05, 0) is 50.6 Å². The van der Waals surface area contributed by atoms with Gasteiger partial charge in [-0.2, -0.15) is 0 Å². The number of amides is 4. The van der Waals surface area contributed by atoms with E-state index in [9.17, 15) is 28.8 Å². The lowest BCUT2D eigenvalue weighted by Crippen LogP contribution is -2.69. The lowest BCUT2D eigenvalue weighted by Gasteiger charge is -2.44. The molecule has 5 rings (SSSR count). The van der Waals surface area contributed by atoms with Gasteiger partial charge in [-0.25, -0.2) is 0 Å². The molecule has 3 aromatic carbocycles. The minimum absolute atomic E-state index is 0.00345. The lowest BCUT2D eigenvalue weighted by molar-refractivity contribution is -0.151. The Morgan fingerprint density at radius 1 is 0.830 bits per heavy atom. The summed E-state index contributed by atoms with van der Waals surface area (Å²) >= 11 is 1.62. The van der Waals surface area contributed by atoms with Crippen molar-refractivity contribution in [2.45, 2.75) is 62.9 Å². The molecule has 0 saturated carbocycles. The normalized spacial score (nSPS) is 19.8.